The molecule has 3 aromatic heterocycles. The van der Waals surface area contributed by atoms with Gasteiger partial charge in [0.05, 0.1) is 11.9 Å². The van der Waals surface area contributed by atoms with Crippen LogP contribution in [0.25, 0.3) is 22.2 Å². The van der Waals surface area contributed by atoms with Gasteiger partial charge in [-0.25, -0.2) is 4.98 Å². The Kier molecular flexibility index (Phi) is 2.15. The Labute approximate surface area is 97.4 Å². The lowest BCUT2D eigenvalue weighted by molar-refractivity contribution is 1.18. The van der Waals surface area contributed by atoms with Crippen LogP contribution in [0.3, 0.4) is 0 Å². The second-order valence-corrected chi connectivity index (χ2v) is 3.58. The number of pyridine rings is 2. The monoisotopic (exact) mass is 223 g/mol. The minimum Gasteiger partial charge on any atom is -0.383 e. The van der Waals surface area contributed by atoms with Crippen LogP contribution in [-0.4, -0.2) is 19.9 Å². The zero-order valence-electron chi connectivity index (χ0n) is 8.91. The summed E-state index contributed by atoms with van der Waals surface area (Å²) in [6, 6.07) is 3.82. The fourth-order valence-electron chi connectivity index (χ4n) is 1.68. The Hall–Kier alpha value is -2.56. The van der Waals surface area contributed by atoms with E-state index in [4.69, 9.17) is 5.73 Å². The molecule has 0 amide bonds. The standard InChI is InChI=1S/C12H9N5/c13-12-9-6-14-2-1-8(9)5-10(17-12)11-7-15-3-4-16-11/h1-7H,(H2,13,17). The summed E-state index contributed by atoms with van der Waals surface area (Å²) < 4.78 is 0. The summed E-state index contributed by atoms with van der Waals surface area (Å²) in [6.45, 7) is 0. The lowest BCUT2D eigenvalue weighted by atomic mass is 10.1. The molecule has 0 saturated carbocycles. The number of rotatable bonds is 1. The van der Waals surface area contributed by atoms with E-state index in [1.54, 1.807) is 31.0 Å². The van der Waals surface area contributed by atoms with Crippen molar-refractivity contribution >= 4 is 16.6 Å². The summed E-state index contributed by atoms with van der Waals surface area (Å²) in [5.41, 5.74) is 7.32. The lowest BCUT2D eigenvalue weighted by Gasteiger charge is -2.04. The molecule has 82 valence electrons. The third-order valence-electron chi connectivity index (χ3n) is 2.49. The first-order valence-corrected chi connectivity index (χ1v) is 5.11. The second kappa shape index (κ2) is 3.79. The number of nitrogens with zero attached hydrogens (tertiary/aromatic N) is 4. The SMILES string of the molecule is Nc1nc(-c2cnccn2)cc2ccncc12. The Morgan fingerprint density at radius 1 is 0.941 bits per heavy atom. The molecule has 0 unspecified atom stereocenters. The lowest BCUT2D eigenvalue weighted by Crippen LogP contribution is -1.96. The van der Waals surface area contributed by atoms with Crippen molar-refractivity contribution in [1.29, 1.82) is 0 Å². The maximum Gasteiger partial charge on any atom is 0.133 e. The van der Waals surface area contributed by atoms with Gasteiger partial charge in [0.1, 0.15) is 11.5 Å². The third-order valence-corrected chi connectivity index (χ3v) is 2.49. The average molecular weight is 223 g/mol. The number of fused-ring (bicyclic) bond motifs is 1. The van der Waals surface area contributed by atoms with E-state index < -0.39 is 0 Å². The Morgan fingerprint density at radius 3 is 2.65 bits per heavy atom. The Bertz CT molecular complexity index is 666. The van der Waals surface area contributed by atoms with E-state index in [0.717, 1.165) is 10.8 Å². The Balaban J connectivity index is 2.26. The van der Waals surface area contributed by atoms with Crippen LogP contribution in [0.2, 0.25) is 0 Å². The molecule has 0 atom stereocenters. The molecule has 0 bridgehead atoms. The van der Waals surface area contributed by atoms with Crippen LogP contribution < -0.4 is 5.73 Å². The van der Waals surface area contributed by atoms with Gasteiger partial charge in [0, 0.05) is 30.2 Å². The number of hydrogen-bond donors (Lipinski definition) is 1. The van der Waals surface area contributed by atoms with Crippen LogP contribution in [0.15, 0.2) is 43.1 Å². The first kappa shape index (κ1) is 9.65. The largest absolute Gasteiger partial charge is 0.383 e. The van der Waals surface area contributed by atoms with E-state index in [-0.39, 0.29) is 0 Å². The second-order valence-electron chi connectivity index (χ2n) is 3.58. The minimum absolute atomic E-state index is 0.455. The highest BCUT2D eigenvalue weighted by Gasteiger charge is 2.06. The molecule has 3 rings (SSSR count). The normalized spacial score (nSPS) is 10.6. The molecule has 0 aliphatic rings. The zero-order chi connectivity index (χ0) is 11.7. The van der Waals surface area contributed by atoms with Gasteiger partial charge in [-0.3, -0.25) is 15.0 Å². The highest BCUT2D eigenvalue weighted by atomic mass is 14.9. The molecule has 3 heterocycles. The van der Waals surface area contributed by atoms with Crippen LogP contribution in [0.1, 0.15) is 0 Å². The molecule has 0 aliphatic heterocycles. The molecular formula is C12H9N5. The summed E-state index contributed by atoms with van der Waals surface area (Å²) >= 11 is 0. The Morgan fingerprint density at radius 2 is 1.82 bits per heavy atom. The maximum absolute atomic E-state index is 5.90. The molecule has 17 heavy (non-hydrogen) atoms. The van der Waals surface area contributed by atoms with Crippen molar-refractivity contribution in [2.45, 2.75) is 0 Å². The summed E-state index contributed by atoms with van der Waals surface area (Å²) in [5.74, 6) is 0.455. The van der Waals surface area contributed by atoms with Crippen LogP contribution in [0, 0.1) is 0 Å². The molecule has 0 aromatic carbocycles. The minimum atomic E-state index is 0.455. The molecule has 0 fully saturated rings. The summed E-state index contributed by atoms with van der Waals surface area (Å²) in [5, 5.41) is 1.84. The van der Waals surface area contributed by atoms with Crippen molar-refractivity contribution in [3.8, 4) is 11.4 Å². The predicted octanol–water partition coefficient (Wildman–Crippen LogP) is 1.67. The fourth-order valence-corrected chi connectivity index (χ4v) is 1.68. The van der Waals surface area contributed by atoms with Crippen molar-refractivity contribution < 1.29 is 0 Å². The van der Waals surface area contributed by atoms with Crippen LogP contribution in [0.4, 0.5) is 5.82 Å². The molecular weight excluding hydrogens is 214 g/mol. The van der Waals surface area contributed by atoms with Crippen molar-refractivity contribution in [2.75, 3.05) is 5.73 Å². The van der Waals surface area contributed by atoms with Crippen LogP contribution >= 0.6 is 0 Å². The van der Waals surface area contributed by atoms with Gasteiger partial charge in [-0.1, -0.05) is 0 Å². The molecule has 0 spiro atoms. The zero-order valence-corrected chi connectivity index (χ0v) is 8.91. The smallest absolute Gasteiger partial charge is 0.133 e. The van der Waals surface area contributed by atoms with E-state index in [0.29, 0.717) is 17.2 Å². The fraction of sp³-hybridized carbons (Fsp3) is 0. The van der Waals surface area contributed by atoms with Gasteiger partial charge in [0.15, 0.2) is 0 Å². The van der Waals surface area contributed by atoms with E-state index in [9.17, 15) is 0 Å². The molecule has 0 aliphatic carbocycles. The molecule has 2 N–H and O–H groups in total. The molecule has 3 aromatic rings. The first-order valence-electron chi connectivity index (χ1n) is 5.11. The van der Waals surface area contributed by atoms with Crippen molar-refractivity contribution in [3.63, 3.8) is 0 Å². The maximum atomic E-state index is 5.90. The van der Waals surface area contributed by atoms with E-state index >= 15 is 0 Å². The van der Waals surface area contributed by atoms with Crippen LogP contribution in [-0.2, 0) is 0 Å². The summed E-state index contributed by atoms with van der Waals surface area (Å²) in [4.78, 5) is 16.6. The predicted molar refractivity (Wildman–Crippen MR) is 65.0 cm³/mol. The van der Waals surface area contributed by atoms with Gasteiger partial charge in [-0.05, 0) is 17.5 Å². The van der Waals surface area contributed by atoms with Crippen molar-refractivity contribution in [2.24, 2.45) is 0 Å². The number of nitrogens with two attached hydrogens (primary N) is 1. The third kappa shape index (κ3) is 1.67. The number of hydrogen-bond acceptors (Lipinski definition) is 5. The van der Waals surface area contributed by atoms with Gasteiger partial charge in [0.2, 0.25) is 0 Å². The van der Waals surface area contributed by atoms with E-state index in [1.807, 2.05) is 12.1 Å². The highest BCUT2D eigenvalue weighted by molar-refractivity contribution is 5.92. The van der Waals surface area contributed by atoms with Gasteiger partial charge >= 0.3 is 0 Å². The summed E-state index contributed by atoms with van der Waals surface area (Å²) in [6.07, 6.45) is 8.34. The quantitative estimate of drug-likeness (QED) is 0.679. The van der Waals surface area contributed by atoms with Gasteiger partial charge in [-0.15, -0.1) is 0 Å². The number of aromatic nitrogens is 4. The molecule has 0 radical (unpaired) electrons. The summed E-state index contributed by atoms with van der Waals surface area (Å²) in [7, 11) is 0. The highest BCUT2D eigenvalue weighted by Crippen LogP contribution is 2.23. The molecule has 5 heteroatoms. The van der Waals surface area contributed by atoms with Gasteiger partial charge in [0.25, 0.3) is 0 Å². The van der Waals surface area contributed by atoms with E-state index in [1.165, 1.54) is 0 Å². The number of nitrogen functional groups attached to an aromatic ring is 1. The number of anilines is 1. The van der Waals surface area contributed by atoms with Crippen molar-refractivity contribution in [1.82, 2.24) is 19.9 Å². The van der Waals surface area contributed by atoms with Crippen LogP contribution in [0.5, 0.6) is 0 Å². The van der Waals surface area contributed by atoms with Gasteiger partial charge < -0.3 is 5.73 Å². The van der Waals surface area contributed by atoms with Crippen molar-refractivity contribution in [3.05, 3.63) is 43.1 Å². The molecule has 0 saturated heterocycles. The van der Waals surface area contributed by atoms with Gasteiger partial charge in [-0.2, -0.15) is 0 Å². The van der Waals surface area contributed by atoms with E-state index in [2.05, 4.69) is 19.9 Å². The molecule has 5 nitrogen and oxygen atoms in total. The first-order chi connectivity index (χ1) is 8.34. The topological polar surface area (TPSA) is 77.6 Å². The average Bonchev–Trinajstić information content (AvgIpc) is 2.40.